The third-order valence-electron chi connectivity index (χ3n) is 3.25. The van der Waals surface area contributed by atoms with Crippen molar-refractivity contribution in [1.82, 2.24) is 0 Å². The molecule has 0 saturated heterocycles. The number of nitrogens with two attached hydrogens (primary N) is 3. The molecule has 1 aromatic rings. The Hall–Kier alpha value is -2.44. The molecule has 0 spiro atoms. The highest BCUT2D eigenvalue weighted by Crippen LogP contribution is 2.22. The van der Waals surface area contributed by atoms with E-state index in [0.29, 0.717) is 0 Å². The Labute approximate surface area is 135 Å². The van der Waals surface area contributed by atoms with Crippen molar-refractivity contribution in [1.29, 1.82) is 0 Å². The van der Waals surface area contributed by atoms with E-state index >= 15 is 0 Å². The van der Waals surface area contributed by atoms with Gasteiger partial charge in [0, 0.05) is 5.69 Å². The largest absolute Gasteiger partial charge is 0.399 e. The van der Waals surface area contributed by atoms with Gasteiger partial charge in [-0.05, 0) is 47.6 Å². The first-order valence-corrected chi connectivity index (χ1v) is 7.12. The number of aliphatic hydroxyl groups is 2. The Bertz CT molecular complexity index is 618. The van der Waals surface area contributed by atoms with Crippen LogP contribution in [0, 0.1) is 0 Å². The van der Waals surface area contributed by atoms with Gasteiger partial charge in [-0.15, -0.1) is 0 Å². The lowest BCUT2D eigenvalue weighted by molar-refractivity contribution is 0.148. The van der Waals surface area contributed by atoms with E-state index in [1.54, 1.807) is 24.3 Å². The van der Waals surface area contributed by atoms with Gasteiger partial charge in [0.1, 0.15) is 0 Å². The van der Waals surface area contributed by atoms with Gasteiger partial charge in [-0.2, -0.15) is 0 Å². The number of hydrogen-bond acceptors (Lipinski definition) is 5. The predicted molar refractivity (Wildman–Crippen MR) is 92.7 cm³/mol. The van der Waals surface area contributed by atoms with E-state index in [9.17, 15) is 10.2 Å². The summed E-state index contributed by atoms with van der Waals surface area (Å²) in [5.41, 5.74) is 16.2. The zero-order chi connectivity index (χ0) is 16.9. The number of anilines is 1. The second-order valence-corrected chi connectivity index (χ2v) is 5.43. The van der Waals surface area contributed by atoms with E-state index in [1.165, 1.54) is 24.3 Å². The molecule has 3 rings (SSSR count). The Balaban J connectivity index is 0.000000229. The quantitative estimate of drug-likeness (QED) is 0.363. The van der Waals surface area contributed by atoms with Crippen molar-refractivity contribution in [3.05, 3.63) is 90.1 Å². The fourth-order valence-corrected chi connectivity index (χ4v) is 1.95. The van der Waals surface area contributed by atoms with Gasteiger partial charge in [0.25, 0.3) is 0 Å². The van der Waals surface area contributed by atoms with Crippen molar-refractivity contribution >= 4 is 5.69 Å². The fraction of sp³-hybridized carbons (Fsp3) is 0.111. The van der Waals surface area contributed by atoms with Crippen molar-refractivity contribution in [2.45, 2.75) is 11.4 Å². The minimum absolute atomic E-state index is 0.822. The molecule has 23 heavy (non-hydrogen) atoms. The molecule has 120 valence electrons. The summed E-state index contributed by atoms with van der Waals surface area (Å²) in [5.74, 6) is 0. The van der Waals surface area contributed by atoms with E-state index in [2.05, 4.69) is 0 Å². The Morgan fingerprint density at radius 3 is 1.26 bits per heavy atom. The van der Waals surface area contributed by atoms with Gasteiger partial charge in [0.2, 0.25) is 0 Å². The smallest absolute Gasteiger partial charge is 0.152 e. The minimum atomic E-state index is -1.37. The summed E-state index contributed by atoms with van der Waals surface area (Å²) in [7, 11) is 0. The van der Waals surface area contributed by atoms with E-state index < -0.39 is 11.4 Å². The highest BCUT2D eigenvalue weighted by atomic mass is 16.3. The molecule has 0 atom stereocenters. The first kappa shape index (κ1) is 16.9. The maximum atomic E-state index is 9.46. The molecule has 5 nitrogen and oxygen atoms in total. The summed E-state index contributed by atoms with van der Waals surface area (Å²) in [6, 6.07) is 9.49. The van der Waals surface area contributed by atoms with Gasteiger partial charge in [-0.3, -0.25) is 11.5 Å². The van der Waals surface area contributed by atoms with Crippen LogP contribution in [0.4, 0.5) is 5.69 Å². The molecule has 0 aliphatic heterocycles. The lowest BCUT2D eigenvalue weighted by atomic mass is 9.95. The molecular weight excluding hydrogens is 290 g/mol. The van der Waals surface area contributed by atoms with Crippen molar-refractivity contribution in [2.24, 2.45) is 11.5 Å². The maximum absolute atomic E-state index is 9.46. The van der Waals surface area contributed by atoms with Gasteiger partial charge in [0.15, 0.2) is 11.4 Å². The Morgan fingerprint density at radius 1 is 0.652 bits per heavy atom. The topological polar surface area (TPSA) is 119 Å². The summed E-state index contributed by atoms with van der Waals surface area (Å²) < 4.78 is 0. The molecule has 0 amide bonds. The van der Waals surface area contributed by atoms with Crippen LogP contribution in [0.25, 0.3) is 0 Å². The Morgan fingerprint density at radius 2 is 1.00 bits per heavy atom. The van der Waals surface area contributed by atoms with Crippen molar-refractivity contribution in [2.75, 3.05) is 5.73 Å². The van der Waals surface area contributed by atoms with Gasteiger partial charge in [0.05, 0.1) is 0 Å². The van der Waals surface area contributed by atoms with Crippen LogP contribution >= 0.6 is 0 Å². The molecule has 0 aromatic heterocycles. The molecule has 0 unspecified atom stereocenters. The van der Waals surface area contributed by atoms with Crippen molar-refractivity contribution in [3.63, 3.8) is 0 Å². The number of rotatable bonds is 0. The summed E-state index contributed by atoms with van der Waals surface area (Å²) in [4.78, 5) is 0. The fourth-order valence-electron chi connectivity index (χ4n) is 1.95. The SMILES string of the molecule is NC1(O)C=CC(=C2C=CC(N)(O)C=C2)C=C1.Nc1ccccc1. The van der Waals surface area contributed by atoms with Gasteiger partial charge >= 0.3 is 0 Å². The van der Waals surface area contributed by atoms with Crippen LogP contribution in [0.3, 0.4) is 0 Å². The zero-order valence-corrected chi connectivity index (χ0v) is 12.6. The van der Waals surface area contributed by atoms with Crippen LogP contribution in [0.2, 0.25) is 0 Å². The van der Waals surface area contributed by atoms with E-state index in [-0.39, 0.29) is 0 Å². The van der Waals surface area contributed by atoms with E-state index in [4.69, 9.17) is 17.2 Å². The van der Waals surface area contributed by atoms with Crippen LogP contribution < -0.4 is 17.2 Å². The van der Waals surface area contributed by atoms with E-state index in [1.807, 2.05) is 30.3 Å². The number of benzene rings is 1. The van der Waals surface area contributed by atoms with Gasteiger partial charge in [-0.25, -0.2) is 0 Å². The van der Waals surface area contributed by atoms with Gasteiger partial charge in [-0.1, -0.05) is 42.5 Å². The summed E-state index contributed by atoms with van der Waals surface area (Å²) in [6.45, 7) is 0. The predicted octanol–water partition coefficient (Wildman–Crippen LogP) is 1.10. The molecule has 2 aliphatic rings. The minimum Gasteiger partial charge on any atom is -0.399 e. The first-order chi connectivity index (χ1) is 10.8. The molecule has 0 fully saturated rings. The molecular formula is C18H21N3O2. The summed E-state index contributed by atoms with van der Waals surface area (Å²) in [6.07, 6.45) is 12.9. The molecule has 0 bridgehead atoms. The second kappa shape index (κ2) is 6.76. The molecule has 1 aromatic carbocycles. The summed E-state index contributed by atoms with van der Waals surface area (Å²) >= 11 is 0. The molecule has 5 heteroatoms. The second-order valence-electron chi connectivity index (χ2n) is 5.43. The number of para-hydroxylation sites is 1. The molecule has 0 radical (unpaired) electrons. The first-order valence-electron chi connectivity index (χ1n) is 7.12. The number of allylic oxidation sites excluding steroid dienone is 6. The normalized spacial score (nSPS) is 28.5. The average Bonchev–Trinajstić information content (AvgIpc) is 2.49. The van der Waals surface area contributed by atoms with Crippen molar-refractivity contribution < 1.29 is 10.2 Å². The van der Waals surface area contributed by atoms with Crippen LogP contribution in [-0.4, -0.2) is 21.7 Å². The monoisotopic (exact) mass is 311 g/mol. The third-order valence-corrected chi connectivity index (χ3v) is 3.25. The third kappa shape index (κ3) is 5.36. The standard InChI is InChI=1S/C12H14N2O2.C6H7N/c13-11(15)5-1-9(2-6-11)10-3-7-12(14,16)8-4-10;7-6-4-2-1-3-5-6/h1-8,15-16H,13-14H2;1-5H,7H2. The van der Waals surface area contributed by atoms with Crippen LogP contribution in [0.15, 0.2) is 90.1 Å². The number of hydrogen-bond donors (Lipinski definition) is 5. The lowest BCUT2D eigenvalue weighted by Gasteiger charge is -2.21. The zero-order valence-electron chi connectivity index (χ0n) is 12.6. The molecule has 2 aliphatic carbocycles. The van der Waals surface area contributed by atoms with Crippen LogP contribution in [0.5, 0.6) is 0 Å². The highest BCUT2D eigenvalue weighted by Gasteiger charge is 2.18. The maximum Gasteiger partial charge on any atom is 0.152 e. The van der Waals surface area contributed by atoms with Crippen LogP contribution in [-0.2, 0) is 0 Å². The average molecular weight is 311 g/mol. The van der Waals surface area contributed by atoms with Gasteiger partial charge < -0.3 is 15.9 Å². The van der Waals surface area contributed by atoms with Crippen LogP contribution in [0.1, 0.15) is 0 Å². The molecule has 0 heterocycles. The van der Waals surface area contributed by atoms with Crippen molar-refractivity contribution in [3.8, 4) is 0 Å². The Kier molecular flexibility index (Phi) is 4.98. The highest BCUT2D eigenvalue weighted by molar-refractivity contribution is 5.52. The number of nitrogen functional groups attached to an aromatic ring is 1. The molecule has 0 saturated carbocycles. The van der Waals surface area contributed by atoms with E-state index in [0.717, 1.165) is 16.8 Å². The molecule has 8 N–H and O–H groups in total. The summed E-state index contributed by atoms with van der Waals surface area (Å²) in [5, 5.41) is 18.9. The lowest BCUT2D eigenvalue weighted by Crippen LogP contribution is -2.36.